The molecule has 1 aliphatic heterocycles. The summed E-state index contributed by atoms with van der Waals surface area (Å²) in [5.41, 5.74) is 6.28. The van der Waals surface area contributed by atoms with Crippen molar-refractivity contribution in [1.82, 2.24) is 14.5 Å². The van der Waals surface area contributed by atoms with Crippen molar-refractivity contribution in [3.63, 3.8) is 0 Å². The summed E-state index contributed by atoms with van der Waals surface area (Å²) in [6, 6.07) is 24.8. The number of aromatic nitrogens is 2. The predicted molar refractivity (Wildman–Crippen MR) is 135 cm³/mol. The maximum atomic E-state index is 5.80. The second-order valence-corrected chi connectivity index (χ2v) is 8.20. The number of benzene rings is 3. The van der Waals surface area contributed by atoms with Gasteiger partial charge in [-0.3, -0.25) is 0 Å². The van der Waals surface area contributed by atoms with Crippen molar-refractivity contribution in [2.24, 2.45) is 5.16 Å². The van der Waals surface area contributed by atoms with Crippen LogP contribution in [0.2, 0.25) is 0 Å². The Morgan fingerprint density at radius 1 is 0.941 bits per heavy atom. The number of nitrogens with zero attached hydrogens (tertiary/aromatic N) is 4. The Morgan fingerprint density at radius 2 is 1.76 bits per heavy atom. The second-order valence-electron chi connectivity index (χ2n) is 8.20. The average molecular weight is 451 g/mol. The number of likely N-dealkylation sites (N-methyl/N-ethyl adjacent to an activating group) is 1. The number of rotatable bonds is 6. The lowest BCUT2D eigenvalue weighted by Gasteiger charge is -2.20. The van der Waals surface area contributed by atoms with Gasteiger partial charge < -0.3 is 19.0 Å². The largest absolute Gasteiger partial charge is 0.495 e. The summed E-state index contributed by atoms with van der Waals surface area (Å²) < 4.78 is 7.57. The lowest BCUT2D eigenvalue weighted by molar-refractivity contribution is 0.0191. The van der Waals surface area contributed by atoms with Crippen LogP contribution < -0.4 is 4.74 Å². The highest BCUT2D eigenvalue weighted by Crippen LogP contribution is 2.31. The normalized spacial score (nSPS) is 15.4. The molecule has 1 aliphatic rings. The summed E-state index contributed by atoms with van der Waals surface area (Å²) in [5, 5.41) is 4.31. The van der Waals surface area contributed by atoms with Gasteiger partial charge >= 0.3 is 0 Å². The zero-order valence-electron chi connectivity index (χ0n) is 19.4. The number of hydrogen-bond donors (Lipinski definition) is 0. The summed E-state index contributed by atoms with van der Waals surface area (Å²) in [6.45, 7) is 1.96. The van der Waals surface area contributed by atoms with Gasteiger partial charge in [0, 0.05) is 18.8 Å². The number of ether oxygens (including phenoxy) is 1. The molecule has 0 saturated carbocycles. The Hall–Kier alpha value is -4.32. The summed E-state index contributed by atoms with van der Waals surface area (Å²) in [4.78, 5) is 12.1. The quantitative estimate of drug-likeness (QED) is 0.370. The van der Waals surface area contributed by atoms with Crippen LogP contribution in [0.4, 0.5) is 0 Å². The Labute approximate surface area is 199 Å². The molecular formula is C28H26N4O2. The molecule has 2 heterocycles. The van der Waals surface area contributed by atoms with Crippen LogP contribution >= 0.6 is 0 Å². The van der Waals surface area contributed by atoms with E-state index in [0.717, 1.165) is 39.7 Å². The third-order valence-corrected chi connectivity index (χ3v) is 5.86. The first-order valence-corrected chi connectivity index (χ1v) is 11.1. The van der Waals surface area contributed by atoms with Crippen molar-refractivity contribution in [2.75, 3.05) is 14.2 Å². The van der Waals surface area contributed by atoms with Gasteiger partial charge in [-0.15, -0.1) is 0 Å². The van der Waals surface area contributed by atoms with Crippen LogP contribution in [0.1, 0.15) is 23.0 Å². The second kappa shape index (κ2) is 9.27. The number of hydrogen-bond acceptors (Lipinski definition) is 5. The molecule has 3 aromatic carbocycles. The molecule has 0 spiro atoms. The van der Waals surface area contributed by atoms with Crippen molar-refractivity contribution >= 4 is 11.9 Å². The number of amidine groups is 1. The zero-order valence-corrected chi connectivity index (χ0v) is 19.4. The first kappa shape index (κ1) is 21.5. The topological polar surface area (TPSA) is 51.9 Å². The fraction of sp³-hybridized carbons (Fsp3) is 0.143. The van der Waals surface area contributed by atoms with E-state index >= 15 is 0 Å². The van der Waals surface area contributed by atoms with Crippen LogP contribution in [0, 0.1) is 6.92 Å². The molecule has 34 heavy (non-hydrogen) atoms. The molecule has 170 valence electrons. The summed E-state index contributed by atoms with van der Waals surface area (Å²) in [6.07, 6.45) is 7.45. The first-order valence-electron chi connectivity index (χ1n) is 11.1. The van der Waals surface area contributed by atoms with E-state index in [2.05, 4.69) is 46.5 Å². The van der Waals surface area contributed by atoms with E-state index in [1.807, 2.05) is 78.2 Å². The smallest absolute Gasteiger partial charge is 0.227 e. The van der Waals surface area contributed by atoms with E-state index < -0.39 is 0 Å². The molecule has 0 radical (unpaired) electrons. The summed E-state index contributed by atoms with van der Waals surface area (Å²) in [7, 11) is 3.66. The molecule has 0 saturated heterocycles. The molecule has 0 bridgehead atoms. The van der Waals surface area contributed by atoms with Crippen LogP contribution in [0.5, 0.6) is 5.75 Å². The molecule has 5 rings (SSSR count). The highest BCUT2D eigenvalue weighted by atomic mass is 16.7. The summed E-state index contributed by atoms with van der Waals surface area (Å²) >= 11 is 0. The van der Waals surface area contributed by atoms with Crippen LogP contribution in [0.25, 0.3) is 22.9 Å². The highest BCUT2D eigenvalue weighted by Gasteiger charge is 2.27. The van der Waals surface area contributed by atoms with Crippen LogP contribution in [0.15, 0.2) is 96.6 Å². The van der Waals surface area contributed by atoms with Gasteiger partial charge in [-0.2, -0.15) is 0 Å². The van der Waals surface area contributed by atoms with Gasteiger partial charge in [0.05, 0.1) is 24.8 Å². The van der Waals surface area contributed by atoms with E-state index in [9.17, 15) is 0 Å². The lowest BCUT2D eigenvalue weighted by Crippen LogP contribution is -2.24. The average Bonchev–Trinajstić information content (AvgIpc) is 3.48. The van der Waals surface area contributed by atoms with Crippen LogP contribution in [0.3, 0.4) is 0 Å². The van der Waals surface area contributed by atoms with Gasteiger partial charge in [-0.1, -0.05) is 65.8 Å². The van der Waals surface area contributed by atoms with E-state index in [1.165, 1.54) is 5.56 Å². The monoisotopic (exact) mass is 450 g/mol. The van der Waals surface area contributed by atoms with E-state index in [4.69, 9.17) is 9.57 Å². The molecule has 6 nitrogen and oxygen atoms in total. The lowest BCUT2D eigenvalue weighted by atomic mass is 10.0. The maximum Gasteiger partial charge on any atom is 0.227 e. The fourth-order valence-corrected chi connectivity index (χ4v) is 4.03. The molecule has 1 atom stereocenters. The van der Waals surface area contributed by atoms with E-state index in [0.29, 0.717) is 0 Å². The zero-order chi connectivity index (χ0) is 23.5. The third-order valence-electron chi connectivity index (χ3n) is 5.86. The number of methoxy groups -OCH3 is 1. The Balaban J connectivity index is 1.32. The molecule has 6 heteroatoms. The van der Waals surface area contributed by atoms with Gasteiger partial charge in [0.1, 0.15) is 5.75 Å². The van der Waals surface area contributed by atoms with Gasteiger partial charge in [0.2, 0.25) is 6.23 Å². The van der Waals surface area contributed by atoms with Gasteiger partial charge in [-0.25, -0.2) is 4.98 Å². The summed E-state index contributed by atoms with van der Waals surface area (Å²) in [5.74, 6) is 1.52. The van der Waals surface area contributed by atoms with Crippen molar-refractivity contribution < 1.29 is 9.57 Å². The van der Waals surface area contributed by atoms with Gasteiger partial charge in [-0.05, 0) is 47.9 Å². The Bertz CT molecular complexity index is 1360. The standard InChI is InChI=1S/C28H26N4O2/c1-20-18-32(19-29-20)25-14-12-21(16-26(25)33-3)13-15-27-30-34-28(31(27)2)24-11-7-10-23(17-24)22-8-5-4-6-9-22/h4-19,28H,1-3H3. The molecule has 0 amide bonds. The molecule has 4 aromatic rings. The Kier molecular flexibility index (Phi) is 5.87. The van der Waals surface area contributed by atoms with Gasteiger partial charge in [0.25, 0.3) is 0 Å². The van der Waals surface area contributed by atoms with Crippen LogP contribution in [-0.2, 0) is 4.84 Å². The Morgan fingerprint density at radius 3 is 2.53 bits per heavy atom. The molecule has 1 unspecified atom stereocenters. The molecular weight excluding hydrogens is 424 g/mol. The third kappa shape index (κ3) is 4.30. The molecule has 1 aromatic heterocycles. The van der Waals surface area contributed by atoms with Crippen molar-refractivity contribution in [2.45, 2.75) is 13.2 Å². The molecule has 0 fully saturated rings. The van der Waals surface area contributed by atoms with Crippen molar-refractivity contribution in [3.8, 4) is 22.6 Å². The maximum absolute atomic E-state index is 5.80. The number of oxime groups is 1. The number of aryl methyl sites for hydroxylation is 1. The minimum atomic E-state index is -0.273. The minimum Gasteiger partial charge on any atom is -0.495 e. The minimum absolute atomic E-state index is 0.273. The van der Waals surface area contributed by atoms with E-state index in [1.54, 1.807) is 13.4 Å². The molecule has 0 aliphatic carbocycles. The van der Waals surface area contributed by atoms with Crippen molar-refractivity contribution in [3.05, 3.63) is 108 Å². The molecule has 0 N–H and O–H groups in total. The van der Waals surface area contributed by atoms with Crippen molar-refractivity contribution in [1.29, 1.82) is 0 Å². The predicted octanol–water partition coefficient (Wildman–Crippen LogP) is 5.84. The van der Waals surface area contributed by atoms with Gasteiger partial charge in [0.15, 0.2) is 5.84 Å². The highest BCUT2D eigenvalue weighted by molar-refractivity contribution is 5.97. The fourth-order valence-electron chi connectivity index (χ4n) is 4.03. The SMILES string of the molecule is COc1cc(C=CC2=NOC(c3cccc(-c4ccccc4)c3)N2C)ccc1-n1cnc(C)c1. The van der Waals surface area contributed by atoms with Crippen LogP contribution in [-0.4, -0.2) is 34.4 Å². The van der Waals surface area contributed by atoms with E-state index in [-0.39, 0.29) is 6.23 Å². The number of imidazole rings is 1. The first-order chi connectivity index (χ1) is 16.6.